The number of thiophene rings is 1. The van der Waals surface area contributed by atoms with Crippen molar-refractivity contribution in [1.29, 1.82) is 5.26 Å². The van der Waals surface area contributed by atoms with Crippen molar-refractivity contribution in [2.24, 2.45) is 0 Å². The molecule has 2 aromatic carbocycles. The zero-order valence-electron chi connectivity index (χ0n) is 22.9. The Balaban J connectivity index is 1.68. The summed E-state index contributed by atoms with van der Waals surface area (Å²) in [6.07, 6.45) is 3.64. The van der Waals surface area contributed by atoms with Gasteiger partial charge in [-0.05, 0) is 116 Å². The fraction of sp³-hybridized carbons (Fsp3) is 0.242. The second kappa shape index (κ2) is 9.28. The lowest BCUT2D eigenvalue weighted by Crippen LogP contribution is -2.17. The van der Waals surface area contributed by atoms with Crippen molar-refractivity contribution >= 4 is 34.5 Å². The highest BCUT2D eigenvalue weighted by Crippen LogP contribution is 2.53. The largest absolute Gasteiger partial charge is 0.309 e. The van der Waals surface area contributed by atoms with E-state index in [1.54, 1.807) is 17.4 Å². The topological polar surface area (TPSA) is 44.3 Å². The number of nitriles is 1. The quantitative estimate of drug-likeness (QED) is 0.201. The first kappa shape index (κ1) is 25.5. The highest BCUT2D eigenvalue weighted by atomic mass is 32.1. The predicted octanol–water partition coefficient (Wildman–Crippen LogP) is 9.25. The van der Waals surface area contributed by atoms with Gasteiger partial charge in [-0.15, -0.1) is 11.3 Å². The molecule has 0 saturated heterocycles. The molecule has 1 aliphatic rings. The third-order valence-corrected chi connectivity index (χ3v) is 8.97. The number of aryl methyl sites for hydroxylation is 4. The van der Waals surface area contributed by atoms with Crippen LogP contribution >= 0.6 is 11.3 Å². The lowest BCUT2D eigenvalue weighted by molar-refractivity contribution is 0.660. The summed E-state index contributed by atoms with van der Waals surface area (Å²) < 4.78 is 0. The molecule has 188 valence electrons. The molecule has 0 fully saturated rings. The Morgan fingerprint density at radius 1 is 0.921 bits per heavy atom. The van der Waals surface area contributed by atoms with Crippen LogP contribution in [0.25, 0.3) is 21.5 Å². The summed E-state index contributed by atoms with van der Waals surface area (Å²) in [6.45, 7) is 22.5. The van der Waals surface area contributed by atoms with E-state index in [4.69, 9.17) is 11.6 Å². The average molecular weight is 515 g/mol. The van der Waals surface area contributed by atoms with Gasteiger partial charge in [0.1, 0.15) is 0 Å². The molecular formula is C33H30N4S. The van der Waals surface area contributed by atoms with Gasteiger partial charge < -0.3 is 4.90 Å². The SMILES string of the molecule is [C-]#[N+]/C(C#N)=C\c1cc2c(s1)-c1ncc(N(c3ccc(C)c(C)c3)c3cc(C)c(C)c(C)c3)cc1C2(C)C. The molecule has 0 saturated carbocycles. The minimum atomic E-state index is -0.255. The number of anilines is 3. The molecule has 0 amide bonds. The zero-order chi connectivity index (χ0) is 27.4. The summed E-state index contributed by atoms with van der Waals surface area (Å²) in [6, 6.07) is 17.5. The van der Waals surface area contributed by atoms with Gasteiger partial charge in [-0.1, -0.05) is 19.9 Å². The molecule has 5 heteroatoms. The van der Waals surface area contributed by atoms with Crippen LogP contribution in [0.5, 0.6) is 0 Å². The normalized spacial score (nSPS) is 13.4. The Kier molecular flexibility index (Phi) is 6.22. The average Bonchev–Trinajstić information content (AvgIpc) is 3.40. The number of nitrogens with zero attached hydrogens (tertiary/aromatic N) is 4. The van der Waals surface area contributed by atoms with Crippen LogP contribution in [0.1, 0.15) is 57.7 Å². The summed E-state index contributed by atoms with van der Waals surface area (Å²) in [5, 5.41) is 9.20. The third-order valence-electron chi connectivity index (χ3n) is 7.88. The molecule has 0 unspecified atom stereocenters. The lowest BCUT2D eigenvalue weighted by atomic mass is 9.83. The van der Waals surface area contributed by atoms with E-state index in [9.17, 15) is 5.26 Å². The first-order valence-electron chi connectivity index (χ1n) is 12.6. The molecule has 0 radical (unpaired) electrons. The summed E-state index contributed by atoms with van der Waals surface area (Å²) in [4.78, 5) is 12.7. The molecule has 38 heavy (non-hydrogen) atoms. The van der Waals surface area contributed by atoms with Gasteiger partial charge in [-0.25, -0.2) is 10.1 Å². The van der Waals surface area contributed by atoms with Gasteiger partial charge in [0.05, 0.1) is 35.1 Å². The maximum atomic E-state index is 9.20. The maximum absolute atomic E-state index is 9.20. The van der Waals surface area contributed by atoms with Gasteiger partial charge in [0.2, 0.25) is 0 Å². The van der Waals surface area contributed by atoms with Crippen molar-refractivity contribution in [1.82, 2.24) is 4.98 Å². The van der Waals surface area contributed by atoms with E-state index >= 15 is 0 Å². The fourth-order valence-electron chi connectivity index (χ4n) is 5.18. The van der Waals surface area contributed by atoms with Crippen LogP contribution in [0, 0.1) is 52.5 Å². The molecule has 4 aromatic rings. The highest BCUT2D eigenvalue weighted by molar-refractivity contribution is 7.16. The van der Waals surface area contributed by atoms with Crippen molar-refractivity contribution in [2.45, 2.75) is 53.9 Å². The van der Waals surface area contributed by atoms with Gasteiger partial charge in [0.15, 0.2) is 0 Å². The van der Waals surface area contributed by atoms with E-state index in [0.717, 1.165) is 32.5 Å². The van der Waals surface area contributed by atoms with E-state index in [1.165, 1.54) is 38.9 Å². The van der Waals surface area contributed by atoms with Crippen LogP contribution in [0.2, 0.25) is 0 Å². The molecule has 2 heterocycles. The second-order valence-electron chi connectivity index (χ2n) is 10.7. The molecule has 0 atom stereocenters. The van der Waals surface area contributed by atoms with E-state index < -0.39 is 0 Å². The fourth-order valence-corrected chi connectivity index (χ4v) is 6.44. The Morgan fingerprint density at radius 3 is 2.24 bits per heavy atom. The third kappa shape index (κ3) is 4.10. The Morgan fingerprint density at radius 2 is 1.61 bits per heavy atom. The molecule has 1 aliphatic carbocycles. The Bertz CT molecular complexity index is 1680. The maximum Gasteiger partial charge on any atom is 0.263 e. The van der Waals surface area contributed by atoms with Crippen molar-refractivity contribution in [2.75, 3.05) is 4.90 Å². The second-order valence-corrected chi connectivity index (χ2v) is 11.8. The molecule has 0 N–H and O–H groups in total. The molecule has 0 spiro atoms. The molecule has 0 aliphatic heterocycles. The van der Waals surface area contributed by atoms with Crippen molar-refractivity contribution in [3.63, 3.8) is 0 Å². The molecule has 2 aromatic heterocycles. The van der Waals surface area contributed by atoms with Crippen molar-refractivity contribution in [3.8, 4) is 16.6 Å². The summed E-state index contributed by atoms with van der Waals surface area (Å²) in [5.41, 5.74) is 12.8. The van der Waals surface area contributed by atoms with Gasteiger partial charge in [-0.2, -0.15) is 0 Å². The van der Waals surface area contributed by atoms with Crippen LogP contribution in [0.4, 0.5) is 17.1 Å². The van der Waals surface area contributed by atoms with Gasteiger partial charge in [-0.3, -0.25) is 4.98 Å². The van der Waals surface area contributed by atoms with Crippen LogP contribution in [0.3, 0.4) is 0 Å². The van der Waals surface area contributed by atoms with Crippen LogP contribution < -0.4 is 4.90 Å². The first-order chi connectivity index (χ1) is 18.0. The Hall–Kier alpha value is -4.19. The summed E-state index contributed by atoms with van der Waals surface area (Å²) in [5.74, 6) is 0. The highest BCUT2D eigenvalue weighted by Gasteiger charge is 2.39. The minimum absolute atomic E-state index is 0.0963. The number of hydrogen-bond donors (Lipinski definition) is 0. The number of rotatable bonds is 4. The Labute approximate surface area is 229 Å². The monoisotopic (exact) mass is 514 g/mol. The standard InChI is InChI=1S/C33H30N4S/c1-19-9-10-25(11-20(19)2)37(26-12-21(3)23(5)22(4)13-26)27-15-29-31(36-18-27)32-30(33(29,6)7)16-28(38-32)14-24(17-34)35-8/h9-16,18H,1-7H3/b24-14-. The predicted molar refractivity (Wildman–Crippen MR) is 158 cm³/mol. The number of benzene rings is 2. The van der Waals surface area contributed by atoms with Crippen molar-refractivity contribution < 1.29 is 0 Å². The van der Waals surface area contributed by atoms with Gasteiger partial charge in [0.25, 0.3) is 5.70 Å². The molecule has 4 nitrogen and oxygen atoms in total. The van der Waals surface area contributed by atoms with E-state index in [-0.39, 0.29) is 11.1 Å². The lowest BCUT2D eigenvalue weighted by Gasteiger charge is -2.29. The number of pyridine rings is 1. The van der Waals surface area contributed by atoms with Crippen LogP contribution in [-0.4, -0.2) is 4.98 Å². The van der Waals surface area contributed by atoms with Crippen LogP contribution in [-0.2, 0) is 5.41 Å². The smallest absolute Gasteiger partial charge is 0.263 e. The van der Waals surface area contributed by atoms with Crippen molar-refractivity contribution in [3.05, 3.63) is 110 Å². The molecule has 0 bridgehead atoms. The summed E-state index contributed by atoms with van der Waals surface area (Å²) in [7, 11) is 0. The molecular weight excluding hydrogens is 484 g/mol. The number of allylic oxidation sites excluding steroid dienone is 1. The van der Waals surface area contributed by atoms with E-state index in [1.807, 2.05) is 12.3 Å². The molecule has 5 rings (SSSR count). The van der Waals surface area contributed by atoms with E-state index in [2.05, 4.69) is 101 Å². The van der Waals surface area contributed by atoms with Crippen LogP contribution in [0.15, 0.2) is 54.4 Å². The summed E-state index contributed by atoms with van der Waals surface area (Å²) >= 11 is 1.60. The first-order valence-corrected chi connectivity index (χ1v) is 13.5. The van der Waals surface area contributed by atoms with Gasteiger partial charge in [0, 0.05) is 21.7 Å². The number of aromatic nitrogens is 1. The minimum Gasteiger partial charge on any atom is -0.309 e. The number of hydrogen-bond acceptors (Lipinski definition) is 4. The van der Waals surface area contributed by atoms with E-state index in [0.29, 0.717) is 0 Å². The zero-order valence-corrected chi connectivity index (χ0v) is 23.7. The number of fused-ring (bicyclic) bond motifs is 3. The van der Waals surface area contributed by atoms with Gasteiger partial charge >= 0.3 is 0 Å².